The van der Waals surface area contributed by atoms with Crippen molar-refractivity contribution in [2.75, 3.05) is 13.1 Å². The lowest BCUT2D eigenvalue weighted by atomic mass is 9.89. The Morgan fingerprint density at radius 2 is 2.06 bits per heavy atom. The van der Waals surface area contributed by atoms with Gasteiger partial charge in [0.1, 0.15) is 5.82 Å². The van der Waals surface area contributed by atoms with Crippen molar-refractivity contribution in [1.82, 2.24) is 5.32 Å². The smallest absolute Gasteiger partial charge is 0.123 e. The van der Waals surface area contributed by atoms with E-state index in [1.165, 1.54) is 12.1 Å². The van der Waals surface area contributed by atoms with E-state index in [1.54, 1.807) is 13.0 Å². The van der Waals surface area contributed by atoms with Crippen LogP contribution in [-0.2, 0) is 5.60 Å². The second-order valence-electron chi connectivity index (χ2n) is 4.73. The standard InChI is InChI=1S/C14H22FNO/c1-4-8-16-9-7-14(3,17)13-10-12(15)6-5-11(13)2/h5-6,10,16-17H,4,7-9H2,1-3H3. The lowest BCUT2D eigenvalue weighted by molar-refractivity contribution is 0.0471. The first-order chi connectivity index (χ1) is 7.97. The number of hydrogen-bond acceptors (Lipinski definition) is 2. The topological polar surface area (TPSA) is 32.3 Å². The number of hydrogen-bond donors (Lipinski definition) is 2. The summed E-state index contributed by atoms with van der Waals surface area (Å²) in [7, 11) is 0. The summed E-state index contributed by atoms with van der Waals surface area (Å²) < 4.78 is 13.2. The molecule has 0 aliphatic heterocycles. The van der Waals surface area contributed by atoms with Crippen molar-refractivity contribution in [3.63, 3.8) is 0 Å². The summed E-state index contributed by atoms with van der Waals surface area (Å²) in [6.45, 7) is 7.40. The van der Waals surface area contributed by atoms with Gasteiger partial charge in [-0.05, 0) is 63.0 Å². The van der Waals surface area contributed by atoms with Crippen LogP contribution in [0.3, 0.4) is 0 Å². The van der Waals surface area contributed by atoms with Crippen LogP contribution in [-0.4, -0.2) is 18.2 Å². The molecule has 1 atom stereocenters. The summed E-state index contributed by atoms with van der Waals surface area (Å²) >= 11 is 0. The van der Waals surface area contributed by atoms with Gasteiger partial charge >= 0.3 is 0 Å². The Morgan fingerprint density at radius 3 is 2.71 bits per heavy atom. The molecule has 2 nitrogen and oxygen atoms in total. The van der Waals surface area contributed by atoms with Gasteiger partial charge in [-0.1, -0.05) is 13.0 Å². The highest BCUT2D eigenvalue weighted by molar-refractivity contribution is 5.31. The SMILES string of the molecule is CCCNCCC(C)(O)c1cc(F)ccc1C. The van der Waals surface area contributed by atoms with E-state index in [0.717, 1.165) is 25.1 Å². The van der Waals surface area contributed by atoms with Gasteiger partial charge in [0.2, 0.25) is 0 Å². The maximum Gasteiger partial charge on any atom is 0.123 e. The normalized spacial score (nSPS) is 14.6. The molecule has 0 spiro atoms. The van der Waals surface area contributed by atoms with E-state index in [2.05, 4.69) is 12.2 Å². The minimum atomic E-state index is -0.979. The molecule has 1 rings (SSSR count). The van der Waals surface area contributed by atoms with Crippen LogP contribution >= 0.6 is 0 Å². The summed E-state index contributed by atoms with van der Waals surface area (Å²) in [5.74, 6) is -0.299. The fraction of sp³-hybridized carbons (Fsp3) is 0.571. The number of aryl methyl sites for hydroxylation is 1. The van der Waals surface area contributed by atoms with Crippen LogP contribution in [0.5, 0.6) is 0 Å². The van der Waals surface area contributed by atoms with Crippen molar-refractivity contribution in [2.45, 2.75) is 39.2 Å². The van der Waals surface area contributed by atoms with Crippen LogP contribution in [0.25, 0.3) is 0 Å². The van der Waals surface area contributed by atoms with Gasteiger partial charge in [0.15, 0.2) is 0 Å². The van der Waals surface area contributed by atoms with Crippen molar-refractivity contribution in [3.8, 4) is 0 Å². The third-order valence-electron chi connectivity index (χ3n) is 3.00. The van der Waals surface area contributed by atoms with E-state index in [9.17, 15) is 9.50 Å². The summed E-state index contributed by atoms with van der Waals surface area (Å²) in [5, 5.41) is 13.6. The average Bonchev–Trinajstić information content (AvgIpc) is 2.28. The Labute approximate surface area is 103 Å². The van der Waals surface area contributed by atoms with Crippen LogP contribution in [0.15, 0.2) is 18.2 Å². The lowest BCUT2D eigenvalue weighted by Gasteiger charge is -2.26. The highest BCUT2D eigenvalue weighted by Crippen LogP contribution is 2.27. The third-order valence-corrected chi connectivity index (χ3v) is 3.00. The second-order valence-corrected chi connectivity index (χ2v) is 4.73. The van der Waals surface area contributed by atoms with Crippen LogP contribution in [0.1, 0.15) is 37.8 Å². The molecule has 0 saturated heterocycles. The zero-order chi connectivity index (χ0) is 12.9. The molecule has 3 heteroatoms. The molecule has 17 heavy (non-hydrogen) atoms. The quantitative estimate of drug-likeness (QED) is 0.748. The Balaban J connectivity index is 2.71. The number of benzene rings is 1. The number of halogens is 1. The van der Waals surface area contributed by atoms with Gasteiger partial charge in [0, 0.05) is 0 Å². The van der Waals surface area contributed by atoms with Crippen molar-refractivity contribution in [3.05, 3.63) is 35.1 Å². The summed E-state index contributed by atoms with van der Waals surface area (Å²) in [6, 6.07) is 4.55. The Hall–Kier alpha value is -0.930. The van der Waals surface area contributed by atoms with E-state index in [1.807, 2.05) is 6.92 Å². The maximum atomic E-state index is 13.2. The molecular formula is C14H22FNO. The molecular weight excluding hydrogens is 217 g/mol. The van der Waals surface area contributed by atoms with Gasteiger partial charge < -0.3 is 10.4 Å². The molecule has 96 valence electrons. The molecule has 1 aromatic rings. The molecule has 0 radical (unpaired) electrons. The van der Waals surface area contributed by atoms with Crippen molar-refractivity contribution >= 4 is 0 Å². The van der Waals surface area contributed by atoms with Gasteiger partial charge in [-0.2, -0.15) is 0 Å². The molecule has 0 amide bonds. The fourth-order valence-electron chi connectivity index (χ4n) is 1.94. The van der Waals surface area contributed by atoms with Crippen molar-refractivity contribution in [2.24, 2.45) is 0 Å². The van der Waals surface area contributed by atoms with Gasteiger partial charge in [0.25, 0.3) is 0 Å². The second kappa shape index (κ2) is 6.12. The maximum absolute atomic E-state index is 13.2. The molecule has 0 aliphatic rings. The third kappa shape index (κ3) is 4.10. The average molecular weight is 239 g/mol. The molecule has 0 aliphatic carbocycles. The van der Waals surface area contributed by atoms with Crippen LogP contribution < -0.4 is 5.32 Å². The monoisotopic (exact) mass is 239 g/mol. The highest BCUT2D eigenvalue weighted by atomic mass is 19.1. The molecule has 0 bridgehead atoms. The lowest BCUT2D eigenvalue weighted by Crippen LogP contribution is -2.29. The Morgan fingerprint density at radius 1 is 1.35 bits per heavy atom. The first-order valence-electron chi connectivity index (χ1n) is 6.17. The van der Waals surface area contributed by atoms with Crippen LogP contribution in [0, 0.1) is 12.7 Å². The Kier molecular flexibility index (Phi) is 5.09. The van der Waals surface area contributed by atoms with Crippen LogP contribution in [0.2, 0.25) is 0 Å². The molecule has 1 unspecified atom stereocenters. The molecule has 0 fully saturated rings. The molecule has 1 aromatic carbocycles. The zero-order valence-corrected chi connectivity index (χ0v) is 10.9. The van der Waals surface area contributed by atoms with E-state index < -0.39 is 5.60 Å². The molecule has 0 aromatic heterocycles. The predicted molar refractivity (Wildman–Crippen MR) is 68.5 cm³/mol. The highest BCUT2D eigenvalue weighted by Gasteiger charge is 2.24. The first-order valence-corrected chi connectivity index (χ1v) is 6.17. The zero-order valence-electron chi connectivity index (χ0n) is 10.9. The Bertz CT molecular complexity index is 363. The van der Waals surface area contributed by atoms with E-state index in [4.69, 9.17) is 0 Å². The van der Waals surface area contributed by atoms with Gasteiger partial charge in [0.05, 0.1) is 5.60 Å². The summed E-state index contributed by atoms with van der Waals surface area (Å²) in [4.78, 5) is 0. The summed E-state index contributed by atoms with van der Waals surface area (Å²) in [6.07, 6.45) is 1.65. The van der Waals surface area contributed by atoms with Gasteiger partial charge in [-0.25, -0.2) is 4.39 Å². The number of nitrogens with one attached hydrogen (secondary N) is 1. The molecule has 2 N–H and O–H groups in total. The largest absolute Gasteiger partial charge is 0.385 e. The fourth-order valence-corrected chi connectivity index (χ4v) is 1.94. The summed E-state index contributed by atoms with van der Waals surface area (Å²) in [5.41, 5.74) is 0.620. The predicted octanol–water partition coefficient (Wildman–Crippen LogP) is 2.73. The minimum absolute atomic E-state index is 0.299. The van der Waals surface area contributed by atoms with Crippen LogP contribution in [0.4, 0.5) is 4.39 Å². The number of rotatable bonds is 6. The van der Waals surface area contributed by atoms with E-state index in [0.29, 0.717) is 12.0 Å². The van der Waals surface area contributed by atoms with Crippen molar-refractivity contribution in [1.29, 1.82) is 0 Å². The number of aliphatic hydroxyl groups is 1. The minimum Gasteiger partial charge on any atom is -0.385 e. The van der Waals surface area contributed by atoms with E-state index in [-0.39, 0.29) is 5.82 Å². The first kappa shape index (κ1) is 14.1. The molecule has 0 heterocycles. The molecule has 0 saturated carbocycles. The van der Waals surface area contributed by atoms with Gasteiger partial charge in [-0.15, -0.1) is 0 Å². The van der Waals surface area contributed by atoms with Crippen molar-refractivity contribution < 1.29 is 9.50 Å². The van der Waals surface area contributed by atoms with Gasteiger partial charge in [-0.3, -0.25) is 0 Å². The van der Waals surface area contributed by atoms with E-state index >= 15 is 0 Å².